The smallest absolute Gasteiger partial charge is 0.248 e. The zero-order chi connectivity index (χ0) is 16.1. The fourth-order valence-electron chi connectivity index (χ4n) is 3.12. The van der Waals surface area contributed by atoms with E-state index in [4.69, 9.17) is 14.2 Å². The Bertz CT molecular complexity index is 527. The fraction of sp³-hybridized carbons (Fsp3) is 0.625. The van der Waals surface area contributed by atoms with Crippen LogP contribution in [0.2, 0.25) is 0 Å². The van der Waals surface area contributed by atoms with E-state index in [1.54, 1.807) is 6.20 Å². The Hall–Kier alpha value is -1.70. The molecule has 0 radical (unpaired) electrons. The van der Waals surface area contributed by atoms with E-state index in [1.807, 2.05) is 23.2 Å². The molecule has 23 heavy (non-hydrogen) atoms. The summed E-state index contributed by atoms with van der Waals surface area (Å²) in [6.07, 6.45) is 3.60. The number of amides is 1. The number of pyridine rings is 1. The molecule has 1 aromatic rings. The molecule has 0 unspecified atom stereocenters. The van der Waals surface area contributed by atoms with Gasteiger partial charge in [0.25, 0.3) is 0 Å². The molecular formula is C16H23N3O4. The van der Waals surface area contributed by atoms with Crippen molar-refractivity contribution < 1.29 is 19.0 Å². The van der Waals surface area contributed by atoms with Crippen LogP contribution >= 0.6 is 0 Å². The van der Waals surface area contributed by atoms with E-state index in [0.29, 0.717) is 39.5 Å². The predicted molar refractivity (Wildman–Crippen MR) is 84.4 cm³/mol. The maximum absolute atomic E-state index is 12.1. The van der Waals surface area contributed by atoms with Gasteiger partial charge >= 0.3 is 0 Å². The Kier molecular flexibility index (Phi) is 5.09. The number of methoxy groups -OCH3 is 1. The minimum atomic E-state index is -0.506. The van der Waals surface area contributed by atoms with Crippen molar-refractivity contribution >= 4 is 11.6 Å². The molecule has 0 aliphatic carbocycles. The highest BCUT2D eigenvalue weighted by Crippen LogP contribution is 2.25. The number of hydrogen-bond donors (Lipinski definition) is 0. The second-order valence-electron chi connectivity index (χ2n) is 5.97. The van der Waals surface area contributed by atoms with Gasteiger partial charge in [0, 0.05) is 26.4 Å². The number of rotatable bonds is 3. The predicted octanol–water partition coefficient (Wildman–Crippen LogP) is 0.162. The molecule has 1 atom stereocenters. The minimum Gasteiger partial charge on any atom is -0.376 e. The molecule has 2 saturated heterocycles. The van der Waals surface area contributed by atoms with E-state index in [1.165, 1.54) is 7.11 Å². The zero-order valence-electron chi connectivity index (χ0n) is 13.4. The zero-order valence-corrected chi connectivity index (χ0v) is 13.4. The van der Waals surface area contributed by atoms with E-state index in [2.05, 4.69) is 9.88 Å². The molecule has 1 aromatic heterocycles. The van der Waals surface area contributed by atoms with Crippen LogP contribution in [0.3, 0.4) is 0 Å². The van der Waals surface area contributed by atoms with Crippen molar-refractivity contribution in [3.63, 3.8) is 0 Å². The van der Waals surface area contributed by atoms with Crippen molar-refractivity contribution in [3.05, 3.63) is 24.5 Å². The van der Waals surface area contributed by atoms with Crippen LogP contribution in [0.1, 0.15) is 0 Å². The van der Waals surface area contributed by atoms with Gasteiger partial charge in [0.05, 0.1) is 44.8 Å². The Morgan fingerprint density at radius 1 is 1.39 bits per heavy atom. The lowest BCUT2D eigenvalue weighted by Gasteiger charge is -2.43. The van der Waals surface area contributed by atoms with Crippen LogP contribution in [-0.4, -0.2) is 81.1 Å². The van der Waals surface area contributed by atoms with Crippen LogP contribution in [0.4, 0.5) is 5.69 Å². The standard InChI is InChI=1S/C16H23N3O4/c1-21-10-15(20)19-6-8-23-16(12-19)11-18(5-7-22-13-16)14-3-2-4-17-9-14/h2-4,9H,5-8,10-13H2,1H3/t16-/m1/s1. The summed E-state index contributed by atoms with van der Waals surface area (Å²) < 4.78 is 16.8. The largest absolute Gasteiger partial charge is 0.376 e. The number of ether oxygens (including phenoxy) is 3. The summed E-state index contributed by atoms with van der Waals surface area (Å²) in [5.74, 6) is -0.00708. The van der Waals surface area contributed by atoms with E-state index in [-0.39, 0.29) is 12.5 Å². The highest BCUT2D eigenvalue weighted by molar-refractivity contribution is 5.77. The van der Waals surface area contributed by atoms with Gasteiger partial charge in [0.1, 0.15) is 12.2 Å². The van der Waals surface area contributed by atoms with Crippen LogP contribution in [-0.2, 0) is 19.0 Å². The fourth-order valence-corrected chi connectivity index (χ4v) is 3.12. The molecule has 3 heterocycles. The van der Waals surface area contributed by atoms with Gasteiger partial charge in [-0.15, -0.1) is 0 Å². The van der Waals surface area contributed by atoms with Crippen molar-refractivity contribution in [3.8, 4) is 0 Å². The molecule has 126 valence electrons. The number of carbonyl (C=O) groups is 1. The van der Waals surface area contributed by atoms with Crippen molar-refractivity contribution in [2.45, 2.75) is 5.60 Å². The molecule has 1 spiro atoms. The maximum atomic E-state index is 12.1. The summed E-state index contributed by atoms with van der Waals surface area (Å²) in [5.41, 5.74) is 0.537. The summed E-state index contributed by atoms with van der Waals surface area (Å²) in [6.45, 7) is 4.30. The molecule has 2 aliphatic rings. The molecule has 7 nitrogen and oxygen atoms in total. The Morgan fingerprint density at radius 3 is 3.09 bits per heavy atom. The summed E-state index contributed by atoms with van der Waals surface area (Å²) >= 11 is 0. The van der Waals surface area contributed by atoms with Gasteiger partial charge in [-0.3, -0.25) is 9.78 Å². The monoisotopic (exact) mass is 321 g/mol. The Morgan fingerprint density at radius 2 is 2.30 bits per heavy atom. The number of morpholine rings is 1. The van der Waals surface area contributed by atoms with Gasteiger partial charge in [-0.1, -0.05) is 0 Å². The first-order valence-electron chi connectivity index (χ1n) is 7.86. The maximum Gasteiger partial charge on any atom is 0.248 e. The first kappa shape index (κ1) is 16.2. The quantitative estimate of drug-likeness (QED) is 0.790. The first-order valence-corrected chi connectivity index (χ1v) is 7.86. The summed E-state index contributed by atoms with van der Waals surface area (Å²) in [5, 5.41) is 0. The van der Waals surface area contributed by atoms with E-state index in [0.717, 1.165) is 12.2 Å². The lowest BCUT2D eigenvalue weighted by atomic mass is 10.0. The number of hydrogen-bond acceptors (Lipinski definition) is 6. The van der Waals surface area contributed by atoms with E-state index in [9.17, 15) is 4.79 Å². The van der Waals surface area contributed by atoms with Crippen LogP contribution < -0.4 is 4.90 Å². The molecule has 0 saturated carbocycles. The number of aromatic nitrogens is 1. The van der Waals surface area contributed by atoms with Gasteiger partial charge in [0.15, 0.2) is 0 Å². The van der Waals surface area contributed by atoms with E-state index >= 15 is 0 Å². The summed E-state index contributed by atoms with van der Waals surface area (Å²) in [7, 11) is 1.53. The highest BCUT2D eigenvalue weighted by atomic mass is 16.5. The molecule has 1 amide bonds. The Labute approximate surface area is 136 Å². The van der Waals surface area contributed by atoms with Gasteiger partial charge in [-0.25, -0.2) is 0 Å². The van der Waals surface area contributed by atoms with Crippen molar-refractivity contribution in [2.75, 3.05) is 64.6 Å². The third-order valence-electron chi connectivity index (χ3n) is 4.23. The number of carbonyl (C=O) groups excluding carboxylic acids is 1. The van der Waals surface area contributed by atoms with Crippen LogP contribution in [0.15, 0.2) is 24.5 Å². The van der Waals surface area contributed by atoms with Crippen molar-refractivity contribution in [1.82, 2.24) is 9.88 Å². The average molecular weight is 321 g/mol. The normalized spacial score (nSPS) is 25.4. The highest BCUT2D eigenvalue weighted by Gasteiger charge is 2.41. The SMILES string of the molecule is COCC(=O)N1CCO[C@@]2(COCCN(c3cccnc3)C2)C1. The van der Waals surface area contributed by atoms with Gasteiger partial charge in [-0.05, 0) is 12.1 Å². The van der Waals surface area contributed by atoms with Gasteiger partial charge < -0.3 is 24.0 Å². The van der Waals surface area contributed by atoms with Crippen LogP contribution in [0.5, 0.6) is 0 Å². The topological polar surface area (TPSA) is 64.1 Å². The Balaban J connectivity index is 1.75. The third-order valence-corrected chi connectivity index (χ3v) is 4.23. The van der Waals surface area contributed by atoms with Crippen LogP contribution in [0, 0.1) is 0 Å². The molecule has 0 aromatic carbocycles. The van der Waals surface area contributed by atoms with Crippen molar-refractivity contribution in [2.24, 2.45) is 0 Å². The van der Waals surface area contributed by atoms with Crippen LogP contribution in [0.25, 0.3) is 0 Å². The van der Waals surface area contributed by atoms with E-state index < -0.39 is 5.60 Å². The van der Waals surface area contributed by atoms with Gasteiger partial charge in [-0.2, -0.15) is 0 Å². The third kappa shape index (κ3) is 3.80. The summed E-state index contributed by atoms with van der Waals surface area (Å²) in [6, 6.07) is 3.95. The molecule has 0 bridgehead atoms. The lowest BCUT2D eigenvalue weighted by Crippen LogP contribution is -2.60. The summed E-state index contributed by atoms with van der Waals surface area (Å²) in [4.78, 5) is 20.4. The number of anilines is 1. The van der Waals surface area contributed by atoms with Gasteiger partial charge in [0.2, 0.25) is 5.91 Å². The molecule has 0 N–H and O–H groups in total. The molecule has 7 heteroatoms. The molecule has 2 aliphatic heterocycles. The second kappa shape index (κ2) is 7.25. The van der Waals surface area contributed by atoms with Crippen molar-refractivity contribution in [1.29, 1.82) is 0 Å². The molecule has 2 fully saturated rings. The first-order chi connectivity index (χ1) is 11.2. The second-order valence-corrected chi connectivity index (χ2v) is 5.97. The molecular weight excluding hydrogens is 298 g/mol. The number of nitrogens with zero attached hydrogens (tertiary/aromatic N) is 3. The average Bonchev–Trinajstić information content (AvgIpc) is 2.79. The lowest BCUT2D eigenvalue weighted by molar-refractivity contribution is -0.160. The molecule has 3 rings (SSSR count). The minimum absolute atomic E-state index is 0.00708.